The summed E-state index contributed by atoms with van der Waals surface area (Å²) in [4.78, 5) is 10.1. The van der Waals surface area contributed by atoms with E-state index in [-0.39, 0.29) is 22.0 Å². The van der Waals surface area contributed by atoms with Gasteiger partial charge in [0.1, 0.15) is 5.75 Å². The summed E-state index contributed by atoms with van der Waals surface area (Å²) in [6, 6.07) is 7.93. The van der Waals surface area contributed by atoms with Crippen molar-refractivity contribution in [2.24, 2.45) is 0 Å². The second-order valence-electron chi connectivity index (χ2n) is 4.83. The van der Waals surface area contributed by atoms with Crippen LogP contribution in [0.2, 0.25) is 0 Å². The second-order valence-corrected chi connectivity index (χ2v) is 6.48. The molecule has 2 aromatic carbocycles. The van der Waals surface area contributed by atoms with E-state index in [0.717, 1.165) is 23.8 Å². The highest BCUT2D eigenvalue weighted by Crippen LogP contribution is 2.30. The van der Waals surface area contributed by atoms with Crippen molar-refractivity contribution < 1.29 is 18.4 Å². The highest BCUT2D eigenvalue weighted by atomic mass is 32.2. The maximum atomic E-state index is 12.4. The SMILES string of the molecule is Cc1ccc(S(=O)(=O)Nc2cc([N+](=O)[O-])ccc2O)c(C)c1. The number of nitro groups is 1. The Morgan fingerprint density at radius 1 is 1.14 bits per heavy atom. The first-order chi connectivity index (χ1) is 10.2. The maximum Gasteiger partial charge on any atom is 0.271 e. The molecule has 0 radical (unpaired) electrons. The summed E-state index contributed by atoms with van der Waals surface area (Å²) >= 11 is 0. The van der Waals surface area contributed by atoms with Gasteiger partial charge in [-0.1, -0.05) is 17.7 Å². The Morgan fingerprint density at radius 2 is 1.82 bits per heavy atom. The summed E-state index contributed by atoms with van der Waals surface area (Å²) in [6.45, 7) is 3.48. The van der Waals surface area contributed by atoms with Crippen molar-refractivity contribution in [3.63, 3.8) is 0 Å². The predicted molar refractivity (Wildman–Crippen MR) is 81.5 cm³/mol. The van der Waals surface area contributed by atoms with Gasteiger partial charge in [-0.15, -0.1) is 0 Å². The van der Waals surface area contributed by atoms with Crippen LogP contribution in [0.1, 0.15) is 11.1 Å². The summed E-state index contributed by atoms with van der Waals surface area (Å²) in [7, 11) is -3.96. The molecule has 0 aliphatic carbocycles. The lowest BCUT2D eigenvalue weighted by Crippen LogP contribution is -2.14. The molecule has 8 heteroatoms. The van der Waals surface area contributed by atoms with Gasteiger partial charge in [0.25, 0.3) is 15.7 Å². The van der Waals surface area contributed by atoms with Crippen LogP contribution in [-0.2, 0) is 10.0 Å². The summed E-state index contributed by atoms with van der Waals surface area (Å²) in [5, 5.41) is 20.4. The van der Waals surface area contributed by atoms with Crippen molar-refractivity contribution in [3.8, 4) is 5.75 Å². The minimum Gasteiger partial charge on any atom is -0.506 e. The molecule has 0 bridgehead atoms. The van der Waals surface area contributed by atoms with Crippen molar-refractivity contribution in [3.05, 3.63) is 57.6 Å². The van der Waals surface area contributed by atoms with Gasteiger partial charge in [-0.25, -0.2) is 8.42 Å². The molecule has 2 rings (SSSR count). The smallest absolute Gasteiger partial charge is 0.271 e. The number of aromatic hydroxyl groups is 1. The van der Waals surface area contributed by atoms with Crippen LogP contribution < -0.4 is 4.72 Å². The number of nitrogens with zero attached hydrogens (tertiary/aromatic N) is 1. The van der Waals surface area contributed by atoms with Gasteiger partial charge in [-0.05, 0) is 31.5 Å². The fourth-order valence-corrected chi connectivity index (χ4v) is 3.31. The Kier molecular flexibility index (Phi) is 4.05. The number of phenolic OH excluding ortho intramolecular Hbond substituents is 1. The average molecular weight is 322 g/mol. The van der Waals surface area contributed by atoms with Gasteiger partial charge >= 0.3 is 0 Å². The third-order valence-corrected chi connectivity index (χ3v) is 4.58. The molecule has 2 aromatic rings. The number of hydrogen-bond acceptors (Lipinski definition) is 5. The number of phenols is 1. The van der Waals surface area contributed by atoms with Gasteiger partial charge in [-0.3, -0.25) is 14.8 Å². The Morgan fingerprint density at radius 3 is 2.41 bits per heavy atom. The molecule has 7 nitrogen and oxygen atoms in total. The Bertz CT molecular complexity index is 846. The van der Waals surface area contributed by atoms with Crippen molar-refractivity contribution in [1.29, 1.82) is 0 Å². The van der Waals surface area contributed by atoms with Crippen molar-refractivity contribution in [2.45, 2.75) is 18.7 Å². The van der Waals surface area contributed by atoms with Crippen LogP contribution in [0.25, 0.3) is 0 Å². The van der Waals surface area contributed by atoms with Gasteiger partial charge < -0.3 is 5.11 Å². The highest BCUT2D eigenvalue weighted by Gasteiger charge is 2.20. The summed E-state index contributed by atoms with van der Waals surface area (Å²) in [6.07, 6.45) is 0. The minimum absolute atomic E-state index is 0.0454. The van der Waals surface area contributed by atoms with Crippen molar-refractivity contribution in [2.75, 3.05) is 4.72 Å². The van der Waals surface area contributed by atoms with Gasteiger partial charge in [-0.2, -0.15) is 0 Å². The topological polar surface area (TPSA) is 110 Å². The standard InChI is InChI=1S/C14H14N2O5S/c1-9-3-6-14(10(2)7-9)22(20,21)15-12-8-11(16(18)19)4-5-13(12)17/h3-8,15,17H,1-2H3. The number of non-ortho nitro benzene ring substituents is 1. The fourth-order valence-electron chi connectivity index (χ4n) is 2.02. The Balaban J connectivity index is 2.45. The molecule has 22 heavy (non-hydrogen) atoms. The number of nitro benzene ring substituents is 1. The number of nitrogens with one attached hydrogen (secondary N) is 1. The summed E-state index contributed by atoms with van der Waals surface area (Å²) in [5.41, 5.74) is 0.886. The van der Waals surface area contributed by atoms with E-state index < -0.39 is 14.9 Å². The van der Waals surface area contributed by atoms with Crippen LogP contribution in [-0.4, -0.2) is 18.4 Å². The first-order valence-electron chi connectivity index (χ1n) is 6.28. The molecule has 0 amide bonds. The van der Waals surface area contributed by atoms with Crippen LogP contribution in [0.3, 0.4) is 0 Å². The van der Waals surface area contributed by atoms with Crippen LogP contribution in [0, 0.1) is 24.0 Å². The fraction of sp³-hybridized carbons (Fsp3) is 0.143. The van der Waals surface area contributed by atoms with E-state index in [9.17, 15) is 23.6 Å². The first kappa shape index (κ1) is 15.8. The largest absolute Gasteiger partial charge is 0.506 e. The molecule has 0 saturated carbocycles. The third-order valence-electron chi connectivity index (χ3n) is 3.06. The maximum absolute atomic E-state index is 12.4. The second kappa shape index (κ2) is 5.64. The van der Waals surface area contributed by atoms with E-state index in [1.165, 1.54) is 6.07 Å². The van der Waals surface area contributed by atoms with Crippen LogP contribution in [0.5, 0.6) is 5.75 Å². The Labute approximate surface area is 127 Å². The predicted octanol–water partition coefficient (Wildman–Crippen LogP) is 2.72. The van der Waals surface area contributed by atoms with E-state index in [4.69, 9.17) is 0 Å². The zero-order valence-corrected chi connectivity index (χ0v) is 12.7. The Hall–Kier alpha value is -2.61. The number of benzene rings is 2. The lowest BCUT2D eigenvalue weighted by molar-refractivity contribution is -0.384. The van der Waals surface area contributed by atoms with E-state index >= 15 is 0 Å². The normalized spacial score (nSPS) is 11.2. The molecule has 0 aliphatic rings. The molecule has 0 aromatic heterocycles. The van der Waals surface area contributed by atoms with Gasteiger partial charge in [0.15, 0.2) is 0 Å². The molecule has 0 atom stereocenters. The number of rotatable bonds is 4. The molecule has 0 fully saturated rings. The van der Waals surface area contributed by atoms with Gasteiger partial charge in [0.2, 0.25) is 0 Å². The van der Waals surface area contributed by atoms with E-state index in [1.54, 1.807) is 19.1 Å². The van der Waals surface area contributed by atoms with E-state index in [1.807, 2.05) is 6.92 Å². The molecule has 0 saturated heterocycles. The number of sulfonamides is 1. The minimum atomic E-state index is -3.96. The highest BCUT2D eigenvalue weighted by molar-refractivity contribution is 7.92. The van der Waals surface area contributed by atoms with Crippen LogP contribution in [0.15, 0.2) is 41.3 Å². The molecule has 0 unspecified atom stereocenters. The molecule has 0 spiro atoms. The summed E-state index contributed by atoms with van der Waals surface area (Å²) in [5.74, 6) is -0.390. The third kappa shape index (κ3) is 3.17. The molecule has 2 N–H and O–H groups in total. The van der Waals surface area contributed by atoms with Crippen molar-refractivity contribution in [1.82, 2.24) is 0 Å². The first-order valence-corrected chi connectivity index (χ1v) is 7.76. The quantitative estimate of drug-likeness (QED) is 0.511. The van der Waals surface area contributed by atoms with Gasteiger partial charge in [0, 0.05) is 12.1 Å². The zero-order chi connectivity index (χ0) is 16.5. The van der Waals surface area contributed by atoms with Crippen LogP contribution in [0.4, 0.5) is 11.4 Å². The number of aryl methyl sites for hydroxylation is 2. The molecular weight excluding hydrogens is 308 g/mol. The zero-order valence-electron chi connectivity index (χ0n) is 11.9. The van der Waals surface area contributed by atoms with E-state index in [2.05, 4.69) is 4.72 Å². The monoisotopic (exact) mass is 322 g/mol. The number of hydrogen-bond donors (Lipinski definition) is 2. The number of anilines is 1. The molecule has 116 valence electrons. The lowest BCUT2D eigenvalue weighted by atomic mass is 10.2. The lowest BCUT2D eigenvalue weighted by Gasteiger charge is -2.12. The van der Waals surface area contributed by atoms with Gasteiger partial charge in [0.05, 0.1) is 15.5 Å². The van der Waals surface area contributed by atoms with Crippen LogP contribution >= 0.6 is 0 Å². The molecule has 0 aliphatic heterocycles. The van der Waals surface area contributed by atoms with E-state index in [0.29, 0.717) is 5.56 Å². The van der Waals surface area contributed by atoms with Crippen molar-refractivity contribution >= 4 is 21.4 Å². The molecule has 0 heterocycles. The molecular formula is C14H14N2O5S. The summed E-state index contributed by atoms with van der Waals surface area (Å²) < 4.78 is 26.9. The average Bonchev–Trinajstić information content (AvgIpc) is 2.40.